The molecule has 11 heteroatoms. The zero-order chi connectivity index (χ0) is 37.4. The first-order chi connectivity index (χ1) is 25.7. The Balaban J connectivity index is 1.32. The SMILES string of the molecule is C[C@H](O)[C@@H](NC(=O)C1=C[C@H]2OC(c3ccccc3)(c3ccccc3)O[C@H]2[C@H](OC(=O)c2ccccc2C=CCc2ccccc2O)C1)C(=O)NCCO. The van der Waals surface area contributed by atoms with Gasteiger partial charge in [0, 0.05) is 29.7 Å². The second kappa shape index (κ2) is 16.8. The molecule has 4 aromatic carbocycles. The zero-order valence-electron chi connectivity index (χ0n) is 29.1. The van der Waals surface area contributed by atoms with Crippen LogP contribution in [-0.4, -0.2) is 76.7 Å². The van der Waals surface area contributed by atoms with E-state index in [0.717, 1.165) is 5.56 Å². The molecule has 5 N–H and O–H groups in total. The van der Waals surface area contributed by atoms with E-state index in [1.54, 1.807) is 48.6 Å². The minimum atomic E-state index is -1.42. The number of esters is 1. The van der Waals surface area contributed by atoms with Crippen LogP contribution >= 0.6 is 0 Å². The van der Waals surface area contributed by atoms with Crippen molar-refractivity contribution >= 4 is 23.9 Å². The number of rotatable bonds is 13. The summed E-state index contributed by atoms with van der Waals surface area (Å²) in [7, 11) is 0. The van der Waals surface area contributed by atoms with E-state index in [-0.39, 0.29) is 36.5 Å². The number of para-hydroxylation sites is 1. The van der Waals surface area contributed by atoms with Crippen LogP contribution < -0.4 is 10.6 Å². The molecule has 0 spiro atoms. The Morgan fingerprint density at radius 2 is 1.55 bits per heavy atom. The van der Waals surface area contributed by atoms with Gasteiger partial charge in [-0.2, -0.15) is 0 Å². The van der Waals surface area contributed by atoms with Crippen molar-refractivity contribution in [3.63, 3.8) is 0 Å². The highest BCUT2D eigenvalue weighted by atomic mass is 16.8. The zero-order valence-corrected chi connectivity index (χ0v) is 29.1. The Morgan fingerprint density at radius 1 is 0.906 bits per heavy atom. The molecule has 2 aliphatic rings. The minimum absolute atomic E-state index is 0.0555. The van der Waals surface area contributed by atoms with E-state index < -0.39 is 54.0 Å². The van der Waals surface area contributed by atoms with Crippen LogP contribution in [0.15, 0.2) is 127 Å². The van der Waals surface area contributed by atoms with E-state index in [1.165, 1.54) is 6.92 Å². The third kappa shape index (κ3) is 8.40. The van der Waals surface area contributed by atoms with Gasteiger partial charge in [-0.15, -0.1) is 0 Å². The monoisotopic (exact) mass is 718 g/mol. The Hall–Kier alpha value is -5.59. The Bertz CT molecular complexity index is 1920. The number of allylic oxidation sites excluding steroid dienone is 1. The molecule has 6 rings (SSSR count). The van der Waals surface area contributed by atoms with Gasteiger partial charge in [-0.05, 0) is 42.7 Å². The number of hydrogen-bond donors (Lipinski definition) is 5. The van der Waals surface area contributed by atoms with E-state index in [9.17, 15) is 24.6 Å². The fourth-order valence-electron chi connectivity index (χ4n) is 6.55. The molecule has 1 aliphatic heterocycles. The van der Waals surface area contributed by atoms with Gasteiger partial charge in [0.25, 0.3) is 0 Å². The predicted molar refractivity (Wildman–Crippen MR) is 196 cm³/mol. The van der Waals surface area contributed by atoms with Crippen molar-refractivity contribution < 1.29 is 43.9 Å². The number of benzene rings is 4. The van der Waals surface area contributed by atoms with Crippen LogP contribution in [0.2, 0.25) is 0 Å². The standard InChI is InChI=1S/C42H42N2O9/c1-27(46)37(40(49)43-23-24-45)44-39(48)30-25-35(51-41(50)33-21-10-8-13-28(33)15-12-16-29-14-9-11-22-34(29)47)38-36(26-30)52-42(53-38,31-17-4-2-5-18-31)32-19-6-3-7-20-32/h2-15,17-22,26-27,35-38,45-47H,16,23-25H2,1H3,(H,43,49)(H,44,48)/t27-,35+,36+,37+,38-/m0/s1. The molecule has 0 saturated carbocycles. The van der Waals surface area contributed by atoms with Gasteiger partial charge < -0.3 is 40.2 Å². The average Bonchev–Trinajstić information content (AvgIpc) is 3.59. The van der Waals surface area contributed by atoms with Gasteiger partial charge in [0.2, 0.25) is 17.6 Å². The lowest BCUT2D eigenvalue weighted by Crippen LogP contribution is -2.54. The number of carbonyl (C=O) groups is 3. The van der Waals surface area contributed by atoms with E-state index in [0.29, 0.717) is 23.1 Å². The van der Waals surface area contributed by atoms with E-state index >= 15 is 0 Å². The van der Waals surface area contributed by atoms with Crippen LogP contribution in [0.3, 0.4) is 0 Å². The summed E-state index contributed by atoms with van der Waals surface area (Å²) in [6.07, 6.45) is 1.60. The largest absolute Gasteiger partial charge is 0.508 e. The second-order valence-corrected chi connectivity index (χ2v) is 12.9. The van der Waals surface area contributed by atoms with Crippen molar-refractivity contribution in [2.24, 2.45) is 0 Å². The number of fused-ring (bicyclic) bond motifs is 1. The molecule has 1 saturated heterocycles. The van der Waals surface area contributed by atoms with Gasteiger partial charge in [0.15, 0.2) is 0 Å². The molecule has 274 valence electrons. The normalized spacial score (nSPS) is 20.1. The smallest absolute Gasteiger partial charge is 0.339 e. The molecular weight excluding hydrogens is 676 g/mol. The summed E-state index contributed by atoms with van der Waals surface area (Å²) in [6.45, 7) is 1.00. The van der Waals surface area contributed by atoms with Crippen molar-refractivity contribution in [2.45, 2.75) is 56.0 Å². The first-order valence-electron chi connectivity index (χ1n) is 17.5. The van der Waals surface area contributed by atoms with Gasteiger partial charge in [-0.25, -0.2) is 4.79 Å². The molecule has 1 heterocycles. The summed E-state index contributed by atoms with van der Waals surface area (Å²) < 4.78 is 19.8. The minimum Gasteiger partial charge on any atom is -0.508 e. The summed E-state index contributed by atoms with van der Waals surface area (Å²) in [4.78, 5) is 40.6. The van der Waals surface area contributed by atoms with E-state index in [1.807, 2.05) is 78.9 Å². The highest BCUT2D eigenvalue weighted by Gasteiger charge is 2.55. The molecule has 5 atom stereocenters. The number of aromatic hydroxyl groups is 1. The van der Waals surface area contributed by atoms with Crippen molar-refractivity contribution in [1.82, 2.24) is 10.6 Å². The number of carbonyl (C=O) groups excluding carboxylic acids is 3. The fraction of sp³-hybridized carbons (Fsp3) is 0.262. The summed E-state index contributed by atoms with van der Waals surface area (Å²) in [5, 5.41) is 34.8. The van der Waals surface area contributed by atoms with Crippen molar-refractivity contribution in [3.05, 3.63) is 155 Å². The lowest BCUT2D eigenvalue weighted by Gasteiger charge is -2.32. The summed E-state index contributed by atoms with van der Waals surface area (Å²) in [5.74, 6) is -3.22. The summed E-state index contributed by atoms with van der Waals surface area (Å²) in [6, 6.07) is 31.4. The van der Waals surface area contributed by atoms with Gasteiger partial charge in [-0.3, -0.25) is 9.59 Å². The van der Waals surface area contributed by atoms with Crippen molar-refractivity contribution in [3.8, 4) is 5.75 Å². The molecule has 53 heavy (non-hydrogen) atoms. The van der Waals surface area contributed by atoms with E-state index in [2.05, 4.69) is 10.6 Å². The second-order valence-electron chi connectivity index (χ2n) is 12.9. The molecule has 1 aliphatic carbocycles. The van der Waals surface area contributed by atoms with Crippen molar-refractivity contribution in [1.29, 1.82) is 0 Å². The molecule has 4 aromatic rings. The molecule has 2 amide bonds. The fourth-order valence-corrected chi connectivity index (χ4v) is 6.55. The summed E-state index contributed by atoms with van der Waals surface area (Å²) >= 11 is 0. The van der Waals surface area contributed by atoms with Gasteiger partial charge in [0.1, 0.15) is 30.1 Å². The molecule has 0 radical (unpaired) electrons. The van der Waals surface area contributed by atoms with Crippen LogP contribution in [0.4, 0.5) is 0 Å². The lowest BCUT2D eigenvalue weighted by atomic mass is 9.91. The summed E-state index contributed by atoms with van der Waals surface area (Å²) in [5.41, 5.74) is 3.16. The molecule has 1 fully saturated rings. The number of phenolic OH excluding ortho intramolecular Hbond substituents is 1. The number of aliphatic hydroxyl groups is 2. The number of aliphatic hydroxyl groups excluding tert-OH is 2. The van der Waals surface area contributed by atoms with Gasteiger partial charge in [0.05, 0.1) is 18.3 Å². The maximum Gasteiger partial charge on any atom is 0.339 e. The Labute approximate surface area is 307 Å². The molecule has 0 aromatic heterocycles. The number of nitrogens with one attached hydrogen (secondary N) is 2. The van der Waals surface area contributed by atoms with Crippen molar-refractivity contribution in [2.75, 3.05) is 13.2 Å². The topological polar surface area (TPSA) is 164 Å². The number of amides is 2. The molecule has 0 unspecified atom stereocenters. The average molecular weight is 719 g/mol. The highest BCUT2D eigenvalue weighted by Crippen LogP contribution is 2.47. The Kier molecular flexibility index (Phi) is 11.8. The van der Waals surface area contributed by atoms with Crippen LogP contribution in [0, 0.1) is 0 Å². The van der Waals surface area contributed by atoms with Gasteiger partial charge >= 0.3 is 5.97 Å². The first kappa shape index (κ1) is 37.2. The quantitative estimate of drug-likeness (QED) is 0.128. The molecular formula is C42H42N2O9. The molecule has 11 nitrogen and oxygen atoms in total. The maximum absolute atomic E-state index is 14.0. The number of hydrogen-bond acceptors (Lipinski definition) is 9. The highest BCUT2D eigenvalue weighted by molar-refractivity contribution is 5.98. The molecule has 0 bridgehead atoms. The number of phenols is 1. The predicted octanol–water partition coefficient (Wildman–Crippen LogP) is 4.16. The van der Waals surface area contributed by atoms with Gasteiger partial charge in [-0.1, -0.05) is 109 Å². The van der Waals surface area contributed by atoms with Crippen LogP contribution in [0.5, 0.6) is 5.75 Å². The van der Waals surface area contributed by atoms with Crippen LogP contribution in [0.1, 0.15) is 46.0 Å². The number of ether oxygens (including phenoxy) is 3. The lowest BCUT2D eigenvalue weighted by molar-refractivity contribution is -0.157. The van der Waals surface area contributed by atoms with Crippen LogP contribution in [0.25, 0.3) is 6.08 Å². The third-order valence-electron chi connectivity index (χ3n) is 9.21. The van der Waals surface area contributed by atoms with Crippen LogP contribution in [-0.2, 0) is 36.0 Å². The van der Waals surface area contributed by atoms with E-state index in [4.69, 9.17) is 19.3 Å². The Morgan fingerprint density at radius 3 is 2.21 bits per heavy atom. The third-order valence-corrected chi connectivity index (χ3v) is 9.21. The maximum atomic E-state index is 14.0. The first-order valence-corrected chi connectivity index (χ1v) is 17.5.